The zero-order valence-corrected chi connectivity index (χ0v) is 26.1. The van der Waals surface area contributed by atoms with E-state index in [1.807, 2.05) is 12.4 Å². The minimum atomic E-state index is -0.184. The average molecular weight is 559 g/mol. The molecule has 2 aromatic carbocycles. The molecule has 0 radical (unpaired) electrons. The summed E-state index contributed by atoms with van der Waals surface area (Å²) in [6.45, 7) is 16.8. The van der Waals surface area contributed by atoms with Crippen LogP contribution in [-0.2, 0) is 22.1 Å². The van der Waals surface area contributed by atoms with Crippen molar-refractivity contribution in [2.24, 2.45) is 0 Å². The highest BCUT2D eigenvalue weighted by Crippen LogP contribution is 2.43. The summed E-state index contributed by atoms with van der Waals surface area (Å²) in [4.78, 5) is 14.8. The number of nitrogens with zero attached hydrogens (tertiary/aromatic N) is 4. The Labute approximate surface area is 245 Å². The maximum Gasteiger partial charge on any atom is 0.246 e. The predicted octanol–water partition coefficient (Wildman–Crippen LogP) is 8.08. The number of rotatable bonds is 12. The highest BCUT2D eigenvalue weighted by molar-refractivity contribution is 5.79. The van der Waals surface area contributed by atoms with E-state index in [-0.39, 0.29) is 17.6 Å². The maximum atomic E-state index is 6.30. The minimum absolute atomic E-state index is 0.183. The lowest BCUT2D eigenvalue weighted by Gasteiger charge is -2.30. The van der Waals surface area contributed by atoms with Crippen LogP contribution in [0.3, 0.4) is 0 Å². The van der Waals surface area contributed by atoms with Crippen LogP contribution in [0.5, 0.6) is 11.6 Å². The van der Waals surface area contributed by atoms with Crippen molar-refractivity contribution in [2.45, 2.75) is 91.5 Å². The fraction of sp³-hybridized carbons (Fsp3) is 0.500. The van der Waals surface area contributed by atoms with Crippen molar-refractivity contribution in [1.29, 1.82) is 0 Å². The van der Waals surface area contributed by atoms with E-state index >= 15 is 0 Å². The monoisotopic (exact) mass is 558 g/mol. The molecule has 4 rings (SSSR count). The number of imidazole rings is 1. The van der Waals surface area contributed by atoms with Crippen LogP contribution in [0.25, 0.3) is 22.6 Å². The lowest BCUT2D eigenvalue weighted by atomic mass is 9.78. The third kappa shape index (κ3) is 7.45. The van der Waals surface area contributed by atoms with E-state index in [1.165, 1.54) is 18.4 Å². The minimum Gasteiger partial charge on any atom is -0.476 e. The predicted molar refractivity (Wildman–Crippen MR) is 166 cm³/mol. The first-order valence-electron chi connectivity index (χ1n) is 14.7. The Morgan fingerprint density at radius 1 is 0.829 bits per heavy atom. The number of benzene rings is 2. The number of hydrogen-bond acceptors (Lipinski definition) is 6. The maximum absolute atomic E-state index is 6.30. The fourth-order valence-electron chi connectivity index (χ4n) is 4.89. The normalized spacial score (nSPS) is 12.2. The highest BCUT2D eigenvalue weighted by atomic mass is 16.7. The molecule has 0 atom stereocenters. The second kappa shape index (κ2) is 13.0. The van der Waals surface area contributed by atoms with Crippen molar-refractivity contribution < 1.29 is 14.2 Å². The molecule has 0 fully saturated rings. The van der Waals surface area contributed by atoms with Crippen LogP contribution in [0.2, 0.25) is 0 Å². The zero-order valence-electron chi connectivity index (χ0n) is 26.1. The lowest BCUT2D eigenvalue weighted by molar-refractivity contribution is 0.0484. The van der Waals surface area contributed by atoms with Crippen molar-refractivity contribution in [3.05, 3.63) is 65.5 Å². The zero-order chi connectivity index (χ0) is 29.6. The third-order valence-corrected chi connectivity index (χ3v) is 7.15. The molecule has 41 heavy (non-hydrogen) atoms. The van der Waals surface area contributed by atoms with Crippen LogP contribution in [0, 0.1) is 0 Å². The molecule has 0 N–H and O–H groups in total. The van der Waals surface area contributed by atoms with Gasteiger partial charge in [-0.15, -0.1) is 0 Å². The summed E-state index contributed by atoms with van der Waals surface area (Å²) < 4.78 is 19.9. The molecular weight excluding hydrogens is 512 g/mol. The van der Waals surface area contributed by atoms with Crippen LogP contribution in [-0.4, -0.2) is 40.0 Å². The lowest BCUT2D eigenvalue weighted by Crippen LogP contribution is -2.21. The molecule has 0 aliphatic rings. The van der Waals surface area contributed by atoms with Crippen molar-refractivity contribution >= 4 is 11.2 Å². The van der Waals surface area contributed by atoms with Gasteiger partial charge in [-0.25, -0.2) is 9.97 Å². The molecule has 2 aromatic heterocycles. The first kappa shape index (κ1) is 30.5. The number of hydrogen-bond donors (Lipinski definition) is 0. The first-order chi connectivity index (χ1) is 19.5. The fourth-order valence-corrected chi connectivity index (χ4v) is 4.89. The molecule has 2 heterocycles. The van der Waals surface area contributed by atoms with Gasteiger partial charge in [0, 0.05) is 23.8 Å². The van der Waals surface area contributed by atoms with E-state index < -0.39 is 0 Å². The van der Waals surface area contributed by atoms with Crippen LogP contribution in [0.1, 0.15) is 90.8 Å². The van der Waals surface area contributed by atoms with E-state index in [2.05, 4.69) is 89.4 Å². The van der Waals surface area contributed by atoms with Crippen molar-refractivity contribution in [3.8, 4) is 23.0 Å². The van der Waals surface area contributed by atoms with E-state index in [1.54, 1.807) is 7.11 Å². The number of fused-ring (bicyclic) bond motifs is 1. The van der Waals surface area contributed by atoms with E-state index in [0.717, 1.165) is 40.9 Å². The van der Waals surface area contributed by atoms with Gasteiger partial charge in [0.1, 0.15) is 5.75 Å². The molecule has 220 valence electrons. The molecule has 0 saturated carbocycles. The van der Waals surface area contributed by atoms with Gasteiger partial charge < -0.3 is 18.8 Å². The molecule has 0 aliphatic heterocycles. The summed E-state index contributed by atoms with van der Waals surface area (Å²) in [5.41, 5.74) is 5.35. The summed E-state index contributed by atoms with van der Waals surface area (Å²) in [5.74, 6) is 2.01. The Morgan fingerprint density at radius 3 is 2.12 bits per heavy atom. The van der Waals surface area contributed by atoms with Crippen molar-refractivity contribution in [1.82, 2.24) is 19.5 Å². The average Bonchev–Trinajstić information content (AvgIpc) is 3.33. The highest BCUT2D eigenvalue weighted by Gasteiger charge is 2.29. The SMILES string of the molecule is CCCCCCOc1nc(-c2cc(C(C)(C)C)c(OCOC)c(C(C)(C)C)c2)nc2c1ncn2Cc1ccccc1. The Bertz CT molecular complexity index is 1400. The molecule has 7 heteroatoms. The molecule has 0 unspecified atom stereocenters. The van der Waals surface area contributed by atoms with Gasteiger partial charge in [0.2, 0.25) is 5.88 Å². The quantitative estimate of drug-likeness (QED) is 0.129. The number of methoxy groups -OCH3 is 1. The number of aromatic nitrogens is 4. The van der Waals surface area contributed by atoms with Gasteiger partial charge in [-0.3, -0.25) is 0 Å². The Kier molecular flexibility index (Phi) is 9.69. The Morgan fingerprint density at radius 2 is 1.51 bits per heavy atom. The second-order valence-electron chi connectivity index (χ2n) is 12.7. The van der Waals surface area contributed by atoms with Gasteiger partial charge in [0.15, 0.2) is 23.8 Å². The van der Waals surface area contributed by atoms with Crippen LogP contribution < -0.4 is 9.47 Å². The van der Waals surface area contributed by atoms with Crippen LogP contribution >= 0.6 is 0 Å². The molecular formula is C34H46N4O3. The molecule has 0 amide bonds. The largest absolute Gasteiger partial charge is 0.476 e. The second-order valence-corrected chi connectivity index (χ2v) is 12.7. The van der Waals surface area contributed by atoms with E-state index in [0.29, 0.717) is 30.4 Å². The third-order valence-electron chi connectivity index (χ3n) is 7.15. The molecule has 0 aliphatic carbocycles. The standard InChI is InChI=1S/C34H46N4O3/c1-9-10-11-15-18-40-32-28-31(38(22-35-28)21-24-16-13-12-14-17-24)36-30(37-32)25-19-26(33(2,3)4)29(41-23-39-8)27(20-25)34(5,6)7/h12-14,16-17,19-20,22H,9-11,15,18,21,23H2,1-8H3. The number of unbranched alkanes of at least 4 members (excludes halogenated alkanes) is 3. The molecule has 0 spiro atoms. The van der Waals surface area contributed by atoms with Crippen molar-refractivity contribution in [2.75, 3.05) is 20.5 Å². The smallest absolute Gasteiger partial charge is 0.246 e. The Balaban J connectivity index is 1.88. The summed E-state index contributed by atoms with van der Waals surface area (Å²) in [5, 5.41) is 0. The van der Waals surface area contributed by atoms with Gasteiger partial charge in [0.25, 0.3) is 0 Å². The molecule has 0 saturated heterocycles. The Hall–Kier alpha value is -3.45. The van der Waals surface area contributed by atoms with Crippen molar-refractivity contribution in [3.63, 3.8) is 0 Å². The van der Waals surface area contributed by atoms with Gasteiger partial charge in [0.05, 0.1) is 19.5 Å². The molecule has 4 aromatic rings. The van der Waals surface area contributed by atoms with Gasteiger partial charge in [-0.2, -0.15) is 4.98 Å². The number of ether oxygens (including phenoxy) is 3. The van der Waals surface area contributed by atoms with Crippen LogP contribution in [0.15, 0.2) is 48.8 Å². The first-order valence-corrected chi connectivity index (χ1v) is 14.7. The van der Waals surface area contributed by atoms with Gasteiger partial charge >= 0.3 is 0 Å². The van der Waals surface area contributed by atoms with E-state index in [4.69, 9.17) is 29.2 Å². The molecule has 0 bridgehead atoms. The summed E-state index contributed by atoms with van der Waals surface area (Å²) in [7, 11) is 1.65. The van der Waals surface area contributed by atoms with Gasteiger partial charge in [-0.05, 0) is 34.9 Å². The van der Waals surface area contributed by atoms with Crippen LogP contribution in [0.4, 0.5) is 0 Å². The molecule has 7 nitrogen and oxygen atoms in total. The summed E-state index contributed by atoms with van der Waals surface area (Å²) >= 11 is 0. The topological polar surface area (TPSA) is 71.3 Å². The summed E-state index contributed by atoms with van der Waals surface area (Å²) in [6, 6.07) is 14.7. The summed E-state index contributed by atoms with van der Waals surface area (Å²) in [6.07, 6.45) is 6.33. The van der Waals surface area contributed by atoms with E-state index in [9.17, 15) is 0 Å². The van der Waals surface area contributed by atoms with Gasteiger partial charge in [-0.1, -0.05) is 98.1 Å².